The summed E-state index contributed by atoms with van der Waals surface area (Å²) < 4.78 is 24.1. The molecule has 0 aromatic carbocycles. The largest absolute Gasteiger partial charge is 0.317 e. The van der Waals surface area contributed by atoms with Gasteiger partial charge in [0.25, 0.3) is 0 Å². The van der Waals surface area contributed by atoms with Gasteiger partial charge < -0.3 is 10.2 Å². The lowest BCUT2D eigenvalue weighted by atomic mass is 10.0. The number of nitrogens with zero attached hydrogens (tertiary/aromatic N) is 2. The summed E-state index contributed by atoms with van der Waals surface area (Å²) in [6.45, 7) is 5.24. The van der Waals surface area contributed by atoms with Crippen LogP contribution in [0.1, 0.15) is 12.8 Å². The summed E-state index contributed by atoms with van der Waals surface area (Å²) in [7, 11) is -1.11. The Morgan fingerprint density at radius 1 is 1.17 bits per heavy atom. The van der Waals surface area contributed by atoms with Gasteiger partial charge in [0.05, 0.1) is 5.75 Å². The normalized spacial score (nSPS) is 25.4. The maximum Gasteiger partial charge on any atom is 0.224 e. The zero-order valence-corrected chi connectivity index (χ0v) is 11.9. The fraction of sp³-hybridized carbons (Fsp3) is 1.00. The molecule has 2 heterocycles. The maximum absolute atomic E-state index is 12.1. The average Bonchev–Trinajstić information content (AvgIpc) is 2.32. The van der Waals surface area contributed by atoms with Gasteiger partial charge in [-0.3, -0.25) is 0 Å². The molecule has 0 unspecified atom stereocenters. The lowest BCUT2D eigenvalue weighted by Crippen LogP contribution is -2.53. The summed E-state index contributed by atoms with van der Waals surface area (Å²) >= 11 is 0. The smallest absolute Gasteiger partial charge is 0.224 e. The van der Waals surface area contributed by atoms with Crippen LogP contribution in [0.15, 0.2) is 0 Å². The highest BCUT2D eigenvalue weighted by atomic mass is 32.2. The van der Waals surface area contributed by atoms with Crippen molar-refractivity contribution in [2.45, 2.75) is 12.8 Å². The van der Waals surface area contributed by atoms with Crippen LogP contribution < -0.4 is 10.1 Å². The van der Waals surface area contributed by atoms with Gasteiger partial charge in [0, 0.05) is 26.2 Å². The molecule has 0 radical (unpaired) electrons. The Morgan fingerprint density at radius 3 is 2.39 bits per heavy atom. The van der Waals surface area contributed by atoms with E-state index < -0.39 is 10.0 Å². The highest BCUT2D eigenvalue weighted by Crippen LogP contribution is 2.13. The van der Waals surface area contributed by atoms with Gasteiger partial charge in [0.15, 0.2) is 0 Å². The molecular weight excluding hydrogens is 252 g/mol. The van der Waals surface area contributed by atoms with Crippen molar-refractivity contribution < 1.29 is 8.42 Å². The predicted molar refractivity (Wildman–Crippen MR) is 71.6 cm³/mol. The van der Waals surface area contributed by atoms with Crippen molar-refractivity contribution in [3.05, 3.63) is 0 Å². The van der Waals surface area contributed by atoms with E-state index in [-0.39, 0.29) is 5.75 Å². The molecule has 0 spiro atoms. The van der Waals surface area contributed by atoms with E-state index in [4.69, 9.17) is 0 Å². The third kappa shape index (κ3) is 4.47. The number of sulfonamides is 1. The van der Waals surface area contributed by atoms with E-state index in [1.807, 2.05) is 5.01 Å². The molecule has 6 nitrogen and oxygen atoms in total. The molecular formula is C11H24N4O2S. The Morgan fingerprint density at radius 2 is 1.78 bits per heavy atom. The van der Waals surface area contributed by atoms with Gasteiger partial charge in [-0.1, -0.05) is 0 Å². The van der Waals surface area contributed by atoms with Gasteiger partial charge in [-0.15, -0.1) is 4.83 Å². The van der Waals surface area contributed by atoms with Crippen LogP contribution in [0.2, 0.25) is 0 Å². The molecule has 2 N–H and O–H groups in total. The summed E-state index contributed by atoms with van der Waals surface area (Å²) in [6, 6.07) is 0. The van der Waals surface area contributed by atoms with Crippen molar-refractivity contribution in [3.63, 3.8) is 0 Å². The van der Waals surface area contributed by atoms with E-state index in [1.54, 1.807) is 0 Å². The second-order valence-electron chi connectivity index (χ2n) is 5.36. The molecule has 0 bridgehead atoms. The number of hydrazine groups is 1. The first-order valence-corrected chi connectivity index (χ1v) is 8.35. The zero-order valence-electron chi connectivity index (χ0n) is 11.1. The van der Waals surface area contributed by atoms with Gasteiger partial charge in [0.2, 0.25) is 10.0 Å². The number of piperidine rings is 1. The number of nitrogens with one attached hydrogen (secondary N) is 2. The Hall–Kier alpha value is -0.210. The molecule has 0 aromatic rings. The fourth-order valence-electron chi connectivity index (χ4n) is 2.49. The summed E-state index contributed by atoms with van der Waals surface area (Å²) in [4.78, 5) is 4.93. The number of piperazine rings is 1. The summed E-state index contributed by atoms with van der Waals surface area (Å²) in [6.07, 6.45) is 1.92. The SMILES string of the molecule is CN1CCN(NS(=O)(=O)CC2CCNCC2)CC1. The van der Waals surface area contributed by atoms with E-state index in [0.717, 1.165) is 52.1 Å². The second-order valence-corrected chi connectivity index (χ2v) is 7.10. The van der Waals surface area contributed by atoms with Gasteiger partial charge in [-0.05, 0) is 38.9 Å². The standard InChI is InChI=1S/C11H24N4O2S/c1-14-6-8-15(9-7-14)13-18(16,17)10-11-2-4-12-5-3-11/h11-13H,2-10H2,1H3. The van der Waals surface area contributed by atoms with Crippen molar-refractivity contribution in [1.82, 2.24) is 20.1 Å². The molecule has 2 rings (SSSR count). The molecule has 2 aliphatic heterocycles. The van der Waals surface area contributed by atoms with E-state index in [0.29, 0.717) is 5.92 Å². The Balaban J connectivity index is 1.79. The Labute approximate surface area is 110 Å². The average molecular weight is 276 g/mol. The van der Waals surface area contributed by atoms with Crippen molar-refractivity contribution in [1.29, 1.82) is 0 Å². The van der Waals surface area contributed by atoms with Crippen LogP contribution in [0.5, 0.6) is 0 Å². The van der Waals surface area contributed by atoms with Crippen molar-refractivity contribution in [3.8, 4) is 0 Å². The molecule has 2 fully saturated rings. The second kappa shape index (κ2) is 6.29. The van der Waals surface area contributed by atoms with Crippen LogP contribution >= 0.6 is 0 Å². The van der Waals surface area contributed by atoms with Crippen molar-refractivity contribution >= 4 is 10.0 Å². The van der Waals surface area contributed by atoms with Crippen LogP contribution in [0.4, 0.5) is 0 Å². The third-order valence-electron chi connectivity index (χ3n) is 3.69. The highest BCUT2D eigenvalue weighted by Gasteiger charge is 2.24. The van der Waals surface area contributed by atoms with Crippen LogP contribution in [-0.2, 0) is 10.0 Å². The minimum Gasteiger partial charge on any atom is -0.317 e. The summed E-state index contributed by atoms with van der Waals surface area (Å²) in [5, 5.41) is 5.09. The number of rotatable bonds is 4. The molecule has 106 valence electrons. The topological polar surface area (TPSA) is 64.7 Å². The minimum absolute atomic E-state index is 0.265. The molecule has 7 heteroatoms. The number of hydrogen-bond donors (Lipinski definition) is 2. The first-order valence-electron chi connectivity index (χ1n) is 6.69. The molecule has 0 atom stereocenters. The summed E-state index contributed by atoms with van der Waals surface area (Å²) in [5.74, 6) is 0.567. The van der Waals surface area contributed by atoms with Crippen molar-refractivity contribution in [2.75, 3.05) is 52.1 Å². The molecule has 2 saturated heterocycles. The van der Waals surface area contributed by atoms with Crippen LogP contribution in [0.25, 0.3) is 0 Å². The van der Waals surface area contributed by atoms with Crippen LogP contribution in [0, 0.1) is 5.92 Å². The van der Waals surface area contributed by atoms with E-state index >= 15 is 0 Å². The van der Waals surface area contributed by atoms with E-state index in [1.165, 1.54) is 0 Å². The molecule has 0 aliphatic carbocycles. The highest BCUT2D eigenvalue weighted by molar-refractivity contribution is 7.89. The molecule has 0 aromatic heterocycles. The lowest BCUT2D eigenvalue weighted by Gasteiger charge is -2.32. The van der Waals surface area contributed by atoms with Crippen LogP contribution in [0.3, 0.4) is 0 Å². The van der Waals surface area contributed by atoms with E-state index in [2.05, 4.69) is 22.1 Å². The first kappa shape index (κ1) is 14.2. The van der Waals surface area contributed by atoms with Gasteiger partial charge in [-0.2, -0.15) is 0 Å². The van der Waals surface area contributed by atoms with Gasteiger partial charge in [-0.25, -0.2) is 13.4 Å². The van der Waals surface area contributed by atoms with Crippen molar-refractivity contribution in [2.24, 2.45) is 5.92 Å². The third-order valence-corrected chi connectivity index (χ3v) is 5.13. The summed E-state index contributed by atoms with van der Waals surface area (Å²) in [5.41, 5.74) is 0. The Bertz CT molecular complexity index is 346. The Kier molecular flexibility index (Phi) is 4.97. The molecule has 0 amide bonds. The predicted octanol–water partition coefficient (Wildman–Crippen LogP) is -0.932. The maximum atomic E-state index is 12.1. The van der Waals surface area contributed by atoms with Gasteiger partial charge in [0.1, 0.15) is 0 Å². The molecule has 0 saturated carbocycles. The fourth-order valence-corrected chi connectivity index (χ4v) is 4.09. The monoisotopic (exact) mass is 276 g/mol. The number of hydrogen-bond acceptors (Lipinski definition) is 5. The molecule has 2 aliphatic rings. The minimum atomic E-state index is -3.17. The zero-order chi connectivity index (χ0) is 13.0. The van der Waals surface area contributed by atoms with E-state index in [9.17, 15) is 8.42 Å². The number of likely N-dealkylation sites (N-methyl/N-ethyl adjacent to an activating group) is 1. The van der Waals surface area contributed by atoms with Crippen LogP contribution in [-0.4, -0.2) is 70.4 Å². The molecule has 18 heavy (non-hydrogen) atoms. The first-order chi connectivity index (χ1) is 8.55. The van der Waals surface area contributed by atoms with Gasteiger partial charge >= 0.3 is 0 Å². The quantitative estimate of drug-likeness (QED) is 0.694. The lowest BCUT2D eigenvalue weighted by molar-refractivity contribution is 0.134.